The highest BCUT2D eigenvalue weighted by Crippen LogP contribution is 2.22. The van der Waals surface area contributed by atoms with Crippen LogP contribution in [-0.2, 0) is 14.3 Å². The van der Waals surface area contributed by atoms with E-state index >= 15 is 0 Å². The van der Waals surface area contributed by atoms with Crippen LogP contribution in [0.15, 0.2) is 36.4 Å². The van der Waals surface area contributed by atoms with Crippen molar-refractivity contribution in [2.75, 3.05) is 6.61 Å². The lowest BCUT2D eigenvalue weighted by atomic mass is 9.99. The van der Waals surface area contributed by atoms with E-state index in [4.69, 9.17) is 14.6 Å². The topological polar surface area (TPSA) is 116 Å². The van der Waals surface area contributed by atoms with Crippen LogP contribution in [0, 0.1) is 0 Å². The molecule has 1 aliphatic rings. The Labute approximate surface area is 127 Å². The van der Waals surface area contributed by atoms with E-state index in [1.807, 2.05) is 18.2 Å². The number of hydrogen-bond donors (Lipinski definition) is 4. The lowest BCUT2D eigenvalue weighted by Crippen LogP contribution is -2.59. The molecule has 5 atom stereocenters. The zero-order valence-electron chi connectivity index (χ0n) is 11.6. The Balaban J connectivity index is 1.97. The van der Waals surface area contributed by atoms with Gasteiger partial charge in [-0.25, -0.2) is 4.79 Å². The summed E-state index contributed by atoms with van der Waals surface area (Å²) in [5.74, 6) is -0.784. The van der Waals surface area contributed by atoms with Crippen LogP contribution in [0.2, 0.25) is 0 Å². The smallest absolute Gasteiger partial charge is 0.333 e. The predicted molar refractivity (Wildman–Crippen MR) is 75.3 cm³/mol. The minimum Gasteiger partial charge on any atom is -0.430 e. The molecular formula is C15H18O7. The zero-order chi connectivity index (χ0) is 16.1. The van der Waals surface area contributed by atoms with E-state index in [-0.39, 0.29) is 0 Å². The molecule has 0 unspecified atom stereocenters. The maximum atomic E-state index is 11.7. The molecule has 22 heavy (non-hydrogen) atoms. The maximum Gasteiger partial charge on any atom is 0.333 e. The summed E-state index contributed by atoms with van der Waals surface area (Å²) in [6, 6.07) is 9.03. The van der Waals surface area contributed by atoms with Crippen molar-refractivity contribution in [1.29, 1.82) is 0 Å². The molecule has 1 heterocycles. The summed E-state index contributed by atoms with van der Waals surface area (Å²) in [6.07, 6.45) is -4.59. The molecule has 1 saturated heterocycles. The van der Waals surface area contributed by atoms with E-state index in [1.165, 1.54) is 6.08 Å². The molecule has 2 rings (SSSR count). The van der Waals surface area contributed by atoms with Gasteiger partial charge >= 0.3 is 5.97 Å². The minimum absolute atomic E-state index is 0.584. The summed E-state index contributed by atoms with van der Waals surface area (Å²) in [6.45, 7) is -0.584. The van der Waals surface area contributed by atoms with Crippen molar-refractivity contribution in [1.82, 2.24) is 0 Å². The molecule has 120 valence electrons. The van der Waals surface area contributed by atoms with Crippen LogP contribution in [0.4, 0.5) is 0 Å². The first-order valence-corrected chi connectivity index (χ1v) is 6.77. The largest absolute Gasteiger partial charge is 0.430 e. The molecule has 0 spiro atoms. The lowest BCUT2D eigenvalue weighted by molar-refractivity contribution is -0.291. The highest BCUT2D eigenvalue weighted by molar-refractivity contribution is 5.87. The Kier molecular flexibility index (Phi) is 5.64. The highest BCUT2D eigenvalue weighted by Gasteiger charge is 2.45. The molecule has 7 heteroatoms. The van der Waals surface area contributed by atoms with Gasteiger partial charge in [0.25, 0.3) is 0 Å². The SMILES string of the molecule is O=C(/C=C\c1ccccc1)O[C@@H]1O[C@H](CO)[C@@H](O)[C@H](O)[C@H]1O. The lowest BCUT2D eigenvalue weighted by Gasteiger charge is -2.38. The number of carbonyl (C=O) groups is 1. The number of carbonyl (C=O) groups excluding carboxylic acids is 1. The van der Waals surface area contributed by atoms with E-state index in [2.05, 4.69) is 0 Å². The fraction of sp³-hybridized carbons (Fsp3) is 0.400. The molecule has 0 aromatic heterocycles. The van der Waals surface area contributed by atoms with Gasteiger partial charge in [0.1, 0.15) is 24.4 Å². The Morgan fingerprint density at radius 2 is 1.82 bits per heavy atom. The van der Waals surface area contributed by atoms with Gasteiger partial charge in [-0.05, 0) is 11.6 Å². The van der Waals surface area contributed by atoms with Crippen LogP contribution in [0.25, 0.3) is 6.08 Å². The third-order valence-corrected chi connectivity index (χ3v) is 3.29. The Bertz CT molecular complexity index is 514. The van der Waals surface area contributed by atoms with Crippen molar-refractivity contribution in [3.8, 4) is 0 Å². The monoisotopic (exact) mass is 310 g/mol. The fourth-order valence-corrected chi connectivity index (χ4v) is 2.05. The van der Waals surface area contributed by atoms with Crippen molar-refractivity contribution in [2.45, 2.75) is 30.7 Å². The molecule has 1 aromatic rings. The number of hydrogen-bond acceptors (Lipinski definition) is 7. The molecule has 1 fully saturated rings. The molecule has 1 aromatic carbocycles. The van der Waals surface area contributed by atoms with E-state index in [9.17, 15) is 20.1 Å². The van der Waals surface area contributed by atoms with Crippen LogP contribution >= 0.6 is 0 Å². The van der Waals surface area contributed by atoms with Gasteiger partial charge in [0.15, 0.2) is 0 Å². The third kappa shape index (κ3) is 3.90. The van der Waals surface area contributed by atoms with Crippen LogP contribution in [0.5, 0.6) is 0 Å². The first-order chi connectivity index (χ1) is 10.5. The Morgan fingerprint density at radius 1 is 1.14 bits per heavy atom. The standard InChI is InChI=1S/C15H18O7/c16-8-10-12(18)13(19)14(20)15(21-10)22-11(17)7-6-9-4-2-1-3-5-9/h1-7,10,12-16,18-20H,8H2/b7-6-/t10-,12-,13+,14-,15+/m1/s1. The molecule has 0 radical (unpaired) electrons. The summed E-state index contributed by atoms with van der Waals surface area (Å²) in [7, 11) is 0. The summed E-state index contributed by atoms with van der Waals surface area (Å²) in [5, 5.41) is 38.0. The zero-order valence-corrected chi connectivity index (χ0v) is 11.6. The minimum atomic E-state index is -1.60. The first-order valence-electron chi connectivity index (χ1n) is 6.77. The Hall–Kier alpha value is -1.77. The molecular weight excluding hydrogens is 292 g/mol. The average Bonchev–Trinajstić information content (AvgIpc) is 2.54. The fourth-order valence-electron chi connectivity index (χ4n) is 2.05. The van der Waals surface area contributed by atoms with Gasteiger partial charge in [0, 0.05) is 6.08 Å². The molecule has 7 nitrogen and oxygen atoms in total. The van der Waals surface area contributed by atoms with Crippen LogP contribution in [0.1, 0.15) is 5.56 Å². The van der Waals surface area contributed by atoms with E-state index < -0.39 is 43.3 Å². The van der Waals surface area contributed by atoms with Crippen LogP contribution in [0.3, 0.4) is 0 Å². The highest BCUT2D eigenvalue weighted by atomic mass is 16.7. The third-order valence-electron chi connectivity index (χ3n) is 3.29. The molecule has 0 saturated carbocycles. The quantitative estimate of drug-likeness (QED) is 0.418. The van der Waals surface area contributed by atoms with Crippen LogP contribution < -0.4 is 0 Å². The van der Waals surface area contributed by atoms with E-state index in [0.29, 0.717) is 0 Å². The number of aliphatic hydroxyl groups excluding tert-OH is 4. The number of esters is 1. The second-order valence-corrected chi connectivity index (χ2v) is 4.88. The summed E-state index contributed by atoms with van der Waals surface area (Å²) >= 11 is 0. The average molecular weight is 310 g/mol. The van der Waals surface area contributed by atoms with E-state index in [0.717, 1.165) is 11.6 Å². The van der Waals surface area contributed by atoms with Crippen molar-refractivity contribution in [2.24, 2.45) is 0 Å². The van der Waals surface area contributed by atoms with Gasteiger partial charge < -0.3 is 29.9 Å². The maximum absolute atomic E-state index is 11.7. The van der Waals surface area contributed by atoms with Crippen molar-refractivity contribution >= 4 is 12.0 Å². The van der Waals surface area contributed by atoms with Gasteiger partial charge in [0.05, 0.1) is 6.61 Å². The molecule has 0 bridgehead atoms. The van der Waals surface area contributed by atoms with Crippen molar-refractivity contribution in [3.05, 3.63) is 42.0 Å². The predicted octanol–water partition coefficient (Wildman–Crippen LogP) is -0.957. The van der Waals surface area contributed by atoms with Gasteiger partial charge in [-0.15, -0.1) is 0 Å². The number of ether oxygens (including phenoxy) is 2. The Morgan fingerprint density at radius 3 is 2.45 bits per heavy atom. The van der Waals surface area contributed by atoms with Gasteiger partial charge in [0.2, 0.25) is 6.29 Å². The molecule has 0 aliphatic carbocycles. The summed E-state index contributed by atoms with van der Waals surface area (Å²) in [5.41, 5.74) is 0.785. The second-order valence-electron chi connectivity index (χ2n) is 4.88. The molecule has 1 aliphatic heterocycles. The summed E-state index contributed by atoms with van der Waals surface area (Å²) in [4.78, 5) is 11.7. The molecule has 4 N–H and O–H groups in total. The summed E-state index contributed by atoms with van der Waals surface area (Å²) < 4.78 is 9.96. The van der Waals surface area contributed by atoms with Gasteiger partial charge in [-0.1, -0.05) is 30.3 Å². The number of aliphatic hydroxyl groups is 4. The van der Waals surface area contributed by atoms with E-state index in [1.54, 1.807) is 12.1 Å². The number of rotatable bonds is 4. The van der Waals surface area contributed by atoms with Crippen molar-refractivity contribution in [3.63, 3.8) is 0 Å². The number of benzene rings is 1. The second kappa shape index (κ2) is 7.48. The molecule has 0 amide bonds. The normalized spacial score (nSPS) is 32.1. The van der Waals surface area contributed by atoms with Crippen molar-refractivity contribution < 1.29 is 34.7 Å². The first kappa shape index (κ1) is 16.6. The van der Waals surface area contributed by atoms with Gasteiger partial charge in [-0.3, -0.25) is 0 Å². The van der Waals surface area contributed by atoms with Crippen LogP contribution in [-0.4, -0.2) is 63.7 Å². The van der Waals surface area contributed by atoms with Gasteiger partial charge in [-0.2, -0.15) is 0 Å².